The van der Waals surface area contributed by atoms with Gasteiger partial charge in [0.1, 0.15) is 0 Å². The number of hydroxylamine groups is 2. The monoisotopic (exact) mass is 399 g/mol. The second kappa shape index (κ2) is 7.22. The van der Waals surface area contributed by atoms with E-state index in [9.17, 15) is 22.8 Å². The van der Waals surface area contributed by atoms with Gasteiger partial charge in [-0.1, -0.05) is 23.3 Å². The SMILES string of the molecule is Cc1ccc(C(=O)ON2C(=O)c3ccccc3C2=O)cc1S(=O)(=O)NCC#N. The molecule has 9 nitrogen and oxygen atoms in total. The first-order valence-electron chi connectivity index (χ1n) is 7.93. The zero-order valence-corrected chi connectivity index (χ0v) is 15.3. The topological polar surface area (TPSA) is 134 Å². The van der Waals surface area contributed by atoms with Gasteiger partial charge in [0.2, 0.25) is 10.0 Å². The van der Waals surface area contributed by atoms with E-state index < -0.39 is 34.4 Å². The molecule has 0 bridgehead atoms. The van der Waals surface area contributed by atoms with Crippen molar-refractivity contribution in [3.05, 3.63) is 64.7 Å². The smallest absolute Gasteiger partial charge is 0.324 e. The Morgan fingerprint density at radius 1 is 1.14 bits per heavy atom. The lowest BCUT2D eigenvalue weighted by Crippen LogP contribution is -2.32. The number of fused-ring (bicyclic) bond motifs is 1. The third-order valence-electron chi connectivity index (χ3n) is 3.99. The summed E-state index contributed by atoms with van der Waals surface area (Å²) in [6.07, 6.45) is 0. The Kier molecular flexibility index (Phi) is 4.96. The Balaban J connectivity index is 1.87. The average Bonchev–Trinajstić information content (AvgIpc) is 2.92. The van der Waals surface area contributed by atoms with Gasteiger partial charge in [-0.3, -0.25) is 9.59 Å². The summed E-state index contributed by atoms with van der Waals surface area (Å²) in [6, 6.07) is 11.4. The molecule has 2 aromatic rings. The summed E-state index contributed by atoms with van der Waals surface area (Å²) in [5.41, 5.74) is 0.364. The Bertz CT molecular complexity index is 1120. The van der Waals surface area contributed by atoms with Crippen LogP contribution in [0, 0.1) is 18.3 Å². The minimum Gasteiger partial charge on any atom is -0.324 e. The molecule has 10 heteroatoms. The highest BCUT2D eigenvalue weighted by atomic mass is 32.2. The molecule has 0 aromatic heterocycles. The Hall–Kier alpha value is -3.55. The number of nitrogens with one attached hydrogen (secondary N) is 1. The van der Waals surface area contributed by atoms with Crippen LogP contribution in [-0.4, -0.2) is 37.8 Å². The van der Waals surface area contributed by atoms with Gasteiger partial charge in [-0.15, -0.1) is 0 Å². The highest BCUT2D eigenvalue weighted by Gasteiger charge is 2.38. The van der Waals surface area contributed by atoms with E-state index in [1.807, 2.05) is 0 Å². The number of aryl methyl sites for hydroxylation is 1. The van der Waals surface area contributed by atoms with Crippen molar-refractivity contribution in [2.45, 2.75) is 11.8 Å². The van der Waals surface area contributed by atoms with Crippen LogP contribution >= 0.6 is 0 Å². The Labute approximate surface area is 160 Å². The fourth-order valence-corrected chi connectivity index (χ4v) is 3.79. The number of rotatable bonds is 5. The summed E-state index contributed by atoms with van der Waals surface area (Å²) in [4.78, 5) is 41.6. The lowest BCUT2D eigenvalue weighted by Gasteiger charge is -2.14. The van der Waals surface area contributed by atoms with Gasteiger partial charge < -0.3 is 4.84 Å². The van der Waals surface area contributed by atoms with Crippen molar-refractivity contribution in [3.63, 3.8) is 0 Å². The van der Waals surface area contributed by atoms with Gasteiger partial charge >= 0.3 is 5.97 Å². The van der Waals surface area contributed by atoms with Crippen molar-refractivity contribution in [1.29, 1.82) is 5.26 Å². The number of carbonyl (C=O) groups is 3. The van der Waals surface area contributed by atoms with Gasteiger partial charge in [0.15, 0.2) is 0 Å². The van der Waals surface area contributed by atoms with Gasteiger partial charge in [0, 0.05) is 0 Å². The summed E-state index contributed by atoms with van der Waals surface area (Å²) in [6.45, 7) is 1.08. The summed E-state index contributed by atoms with van der Waals surface area (Å²) >= 11 is 0. The van der Waals surface area contributed by atoms with E-state index in [-0.39, 0.29) is 21.6 Å². The molecule has 3 rings (SSSR count). The summed E-state index contributed by atoms with van der Waals surface area (Å²) in [7, 11) is -4.03. The third kappa shape index (κ3) is 3.36. The number of benzene rings is 2. The molecule has 0 saturated heterocycles. The van der Waals surface area contributed by atoms with Crippen LogP contribution in [0.15, 0.2) is 47.4 Å². The van der Waals surface area contributed by atoms with Crippen LogP contribution in [0.1, 0.15) is 36.6 Å². The molecule has 1 heterocycles. The molecule has 0 fully saturated rings. The minimum absolute atomic E-state index is 0.105. The molecular formula is C18H13N3O6S. The normalized spacial score (nSPS) is 13.2. The van der Waals surface area contributed by atoms with Gasteiger partial charge in [0.25, 0.3) is 11.8 Å². The van der Waals surface area contributed by atoms with Crippen molar-refractivity contribution in [3.8, 4) is 6.07 Å². The first kappa shape index (κ1) is 19.2. The maximum Gasteiger partial charge on any atom is 0.363 e. The minimum atomic E-state index is -4.03. The van der Waals surface area contributed by atoms with Crippen molar-refractivity contribution in [2.24, 2.45) is 0 Å². The number of nitriles is 1. The molecule has 0 radical (unpaired) electrons. The fraction of sp³-hybridized carbons (Fsp3) is 0.111. The van der Waals surface area contributed by atoms with Crippen LogP contribution in [0.5, 0.6) is 0 Å². The number of imide groups is 1. The molecule has 1 aliphatic rings. The van der Waals surface area contributed by atoms with Gasteiger partial charge in [-0.25, -0.2) is 13.2 Å². The second-order valence-corrected chi connectivity index (χ2v) is 7.53. The van der Waals surface area contributed by atoms with Crippen LogP contribution in [-0.2, 0) is 14.9 Å². The zero-order chi connectivity index (χ0) is 20.5. The molecule has 0 aliphatic carbocycles. The maximum absolute atomic E-state index is 12.4. The summed E-state index contributed by atoms with van der Waals surface area (Å²) in [5, 5.41) is 8.89. The van der Waals surface area contributed by atoms with Crippen LogP contribution in [0.2, 0.25) is 0 Å². The molecule has 2 aromatic carbocycles. The van der Waals surface area contributed by atoms with Gasteiger partial charge in [-0.2, -0.15) is 9.98 Å². The number of amides is 2. The second-order valence-electron chi connectivity index (χ2n) is 5.79. The summed E-state index contributed by atoms with van der Waals surface area (Å²) in [5.74, 6) is -2.65. The van der Waals surface area contributed by atoms with Gasteiger partial charge in [-0.05, 0) is 36.8 Å². The van der Waals surface area contributed by atoms with Crippen molar-refractivity contribution < 1.29 is 27.6 Å². The number of nitrogens with zero attached hydrogens (tertiary/aromatic N) is 2. The molecule has 2 amide bonds. The van der Waals surface area contributed by atoms with E-state index in [1.54, 1.807) is 18.2 Å². The molecular weight excluding hydrogens is 386 g/mol. The number of hydrogen-bond acceptors (Lipinski definition) is 7. The highest BCUT2D eigenvalue weighted by Crippen LogP contribution is 2.24. The zero-order valence-electron chi connectivity index (χ0n) is 14.5. The Morgan fingerprint density at radius 2 is 1.75 bits per heavy atom. The lowest BCUT2D eigenvalue weighted by molar-refractivity contribution is -0.0584. The van der Waals surface area contributed by atoms with E-state index >= 15 is 0 Å². The third-order valence-corrected chi connectivity index (χ3v) is 5.53. The van der Waals surface area contributed by atoms with E-state index in [1.165, 1.54) is 31.2 Å². The number of sulfonamides is 1. The quantitative estimate of drug-likeness (QED) is 0.589. The molecule has 28 heavy (non-hydrogen) atoms. The van der Waals surface area contributed by atoms with E-state index in [0.717, 1.165) is 6.07 Å². The van der Waals surface area contributed by atoms with Crippen molar-refractivity contribution in [2.75, 3.05) is 6.54 Å². The largest absolute Gasteiger partial charge is 0.363 e. The van der Waals surface area contributed by atoms with E-state index in [4.69, 9.17) is 10.1 Å². The molecule has 0 unspecified atom stereocenters. The maximum atomic E-state index is 12.4. The Morgan fingerprint density at radius 3 is 2.32 bits per heavy atom. The van der Waals surface area contributed by atoms with E-state index in [0.29, 0.717) is 10.6 Å². The molecule has 0 spiro atoms. The first-order chi connectivity index (χ1) is 13.3. The predicted octanol–water partition coefficient (Wildman–Crippen LogP) is 1.16. The van der Waals surface area contributed by atoms with Crippen molar-refractivity contribution >= 4 is 27.8 Å². The molecule has 0 atom stereocenters. The molecule has 1 N–H and O–H groups in total. The van der Waals surface area contributed by atoms with E-state index in [2.05, 4.69) is 4.72 Å². The highest BCUT2D eigenvalue weighted by molar-refractivity contribution is 7.89. The standard InChI is InChI=1S/C18H13N3O6S/c1-11-6-7-12(10-15(11)28(25,26)20-9-8-19)18(24)27-21-16(22)13-4-2-3-5-14(13)17(21)23/h2-7,10,20H,9H2,1H3. The fourth-order valence-electron chi connectivity index (χ4n) is 2.61. The number of hydrogen-bond donors (Lipinski definition) is 1. The molecule has 142 valence electrons. The van der Waals surface area contributed by atoms with Crippen LogP contribution in [0.4, 0.5) is 0 Å². The molecule has 0 saturated carbocycles. The summed E-state index contributed by atoms with van der Waals surface area (Å²) < 4.78 is 26.6. The van der Waals surface area contributed by atoms with Crippen LogP contribution in [0.25, 0.3) is 0 Å². The van der Waals surface area contributed by atoms with Gasteiger partial charge in [0.05, 0.1) is 34.2 Å². The molecule has 1 aliphatic heterocycles. The first-order valence-corrected chi connectivity index (χ1v) is 9.42. The lowest BCUT2D eigenvalue weighted by atomic mass is 10.1. The number of carbonyl (C=O) groups excluding carboxylic acids is 3. The average molecular weight is 399 g/mol. The van der Waals surface area contributed by atoms with Crippen molar-refractivity contribution in [1.82, 2.24) is 9.79 Å². The van der Waals surface area contributed by atoms with Crippen LogP contribution < -0.4 is 4.72 Å². The van der Waals surface area contributed by atoms with Crippen LogP contribution in [0.3, 0.4) is 0 Å². The predicted molar refractivity (Wildman–Crippen MR) is 94.3 cm³/mol.